The first-order chi connectivity index (χ1) is 9.76. The van der Waals surface area contributed by atoms with Gasteiger partial charge in [-0.2, -0.15) is 0 Å². The van der Waals surface area contributed by atoms with Crippen LogP contribution in [-0.4, -0.2) is 43.0 Å². The van der Waals surface area contributed by atoms with Gasteiger partial charge in [-0.15, -0.1) is 0 Å². The predicted octanol–water partition coefficient (Wildman–Crippen LogP) is 2.54. The van der Waals surface area contributed by atoms with Crippen LogP contribution in [0.25, 0.3) is 0 Å². The number of ether oxygens (including phenoxy) is 1. The maximum Gasteiger partial charge on any atom is 0.407 e. The molecular weight excluding hydrogens is 268 g/mol. The van der Waals surface area contributed by atoms with Gasteiger partial charge in [0.2, 0.25) is 0 Å². The minimum Gasteiger partial charge on any atom is -0.444 e. The molecule has 0 radical (unpaired) electrons. The summed E-state index contributed by atoms with van der Waals surface area (Å²) in [7, 11) is 0. The average Bonchev–Trinajstić information content (AvgIpc) is 2.34. The topological polar surface area (TPSA) is 70.6 Å². The number of rotatable bonds is 10. The fourth-order valence-electron chi connectivity index (χ4n) is 1.90. The van der Waals surface area contributed by atoms with Crippen LogP contribution in [0.4, 0.5) is 4.79 Å². The maximum absolute atomic E-state index is 11.7. The highest BCUT2D eigenvalue weighted by Gasteiger charge is 2.18. The molecule has 5 nitrogen and oxygen atoms in total. The molecule has 0 heterocycles. The highest BCUT2D eigenvalue weighted by molar-refractivity contribution is 5.67. The molecule has 0 bridgehead atoms. The Bertz CT molecular complexity index is 275. The van der Waals surface area contributed by atoms with Crippen molar-refractivity contribution in [3.63, 3.8) is 0 Å². The first-order valence-corrected chi connectivity index (χ1v) is 8.04. The number of carbonyl (C=O) groups excluding carboxylic acids is 1. The van der Waals surface area contributed by atoms with Crippen molar-refractivity contribution in [1.82, 2.24) is 10.6 Å². The van der Waals surface area contributed by atoms with Crippen LogP contribution in [0.15, 0.2) is 0 Å². The van der Waals surface area contributed by atoms with Gasteiger partial charge in [-0.3, -0.25) is 0 Å². The largest absolute Gasteiger partial charge is 0.444 e. The van der Waals surface area contributed by atoms with Crippen LogP contribution in [-0.2, 0) is 4.74 Å². The molecule has 0 aliphatic rings. The van der Waals surface area contributed by atoms with Crippen molar-refractivity contribution in [2.24, 2.45) is 11.8 Å². The molecule has 0 aromatic heterocycles. The average molecular weight is 302 g/mol. The van der Waals surface area contributed by atoms with Gasteiger partial charge in [0.05, 0.1) is 0 Å². The van der Waals surface area contributed by atoms with Gasteiger partial charge >= 0.3 is 6.09 Å². The number of unbranched alkanes of at least 4 members (excludes halogenated alkanes) is 2. The van der Waals surface area contributed by atoms with Crippen molar-refractivity contribution in [2.75, 3.05) is 26.2 Å². The van der Waals surface area contributed by atoms with E-state index in [-0.39, 0.29) is 12.7 Å². The van der Waals surface area contributed by atoms with E-state index in [1.807, 2.05) is 20.8 Å². The maximum atomic E-state index is 11.7. The van der Waals surface area contributed by atoms with Gasteiger partial charge in [0.15, 0.2) is 0 Å². The Hall–Kier alpha value is -0.810. The molecule has 0 saturated carbocycles. The SMILES string of the molecule is CC(C)C(CNCCCCCO)CNC(=O)OC(C)(C)C. The first kappa shape index (κ1) is 20.2. The predicted molar refractivity (Wildman–Crippen MR) is 86.4 cm³/mol. The lowest BCUT2D eigenvalue weighted by Crippen LogP contribution is -2.39. The lowest BCUT2D eigenvalue weighted by molar-refractivity contribution is 0.0515. The summed E-state index contributed by atoms with van der Waals surface area (Å²) < 4.78 is 5.24. The van der Waals surface area contributed by atoms with E-state index in [4.69, 9.17) is 9.84 Å². The Balaban J connectivity index is 3.89. The second kappa shape index (κ2) is 10.9. The Labute approximate surface area is 129 Å². The molecule has 126 valence electrons. The van der Waals surface area contributed by atoms with Crippen LogP contribution in [0.2, 0.25) is 0 Å². The third kappa shape index (κ3) is 12.6. The van der Waals surface area contributed by atoms with Crippen LogP contribution in [0, 0.1) is 11.8 Å². The van der Waals surface area contributed by atoms with Crippen molar-refractivity contribution in [3.05, 3.63) is 0 Å². The van der Waals surface area contributed by atoms with Gasteiger partial charge in [0, 0.05) is 13.2 Å². The molecule has 1 atom stereocenters. The van der Waals surface area contributed by atoms with E-state index in [0.717, 1.165) is 32.4 Å². The van der Waals surface area contributed by atoms with Crippen LogP contribution < -0.4 is 10.6 Å². The van der Waals surface area contributed by atoms with E-state index in [2.05, 4.69) is 24.5 Å². The van der Waals surface area contributed by atoms with Gasteiger partial charge in [0.25, 0.3) is 0 Å². The molecule has 0 aromatic carbocycles. The van der Waals surface area contributed by atoms with Crippen molar-refractivity contribution < 1.29 is 14.6 Å². The Kier molecular flexibility index (Phi) is 10.4. The number of carbonyl (C=O) groups is 1. The van der Waals surface area contributed by atoms with Crippen LogP contribution in [0.1, 0.15) is 53.9 Å². The summed E-state index contributed by atoms with van der Waals surface area (Å²) in [5, 5.41) is 15.0. The molecule has 0 spiro atoms. The number of aliphatic hydroxyl groups is 1. The molecule has 0 aliphatic carbocycles. The minimum absolute atomic E-state index is 0.272. The first-order valence-electron chi connectivity index (χ1n) is 8.04. The van der Waals surface area contributed by atoms with E-state index >= 15 is 0 Å². The number of alkyl carbamates (subject to hydrolysis) is 1. The molecule has 0 fully saturated rings. The van der Waals surface area contributed by atoms with Crippen molar-refractivity contribution in [3.8, 4) is 0 Å². The summed E-state index contributed by atoms with van der Waals surface area (Å²) in [5.74, 6) is 0.875. The lowest BCUT2D eigenvalue weighted by atomic mass is 9.95. The second-order valence-corrected chi connectivity index (χ2v) is 6.88. The molecular formula is C16H34N2O3. The lowest BCUT2D eigenvalue weighted by Gasteiger charge is -2.24. The van der Waals surface area contributed by atoms with E-state index in [1.165, 1.54) is 0 Å². The van der Waals surface area contributed by atoms with Crippen LogP contribution >= 0.6 is 0 Å². The molecule has 1 amide bonds. The van der Waals surface area contributed by atoms with Gasteiger partial charge in [-0.25, -0.2) is 4.79 Å². The fraction of sp³-hybridized carbons (Fsp3) is 0.938. The van der Waals surface area contributed by atoms with Gasteiger partial charge < -0.3 is 20.5 Å². The van der Waals surface area contributed by atoms with Crippen molar-refractivity contribution >= 4 is 6.09 Å². The van der Waals surface area contributed by atoms with E-state index < -0.39 is 5.60 Å². The molecule has 5 heteroatoms. The summed E-state index contributed by atoms with van der Waals surface area (Å²) >= 11 is 0. The molecule has 3 N–H and O–H groups in total. The van der Waals surface area contributed by atoms with Gasteiger partial charge in [-0.05, 0) is 65.0 Å². The molecule has 0 rings (SSSR count). The molecule has 21 heavy (non-hydrogen) atoms. The highest BCUT2D eigenvalue weighted by Crippen LogP contribution is 2.10. The third-order valence-electron chi connectivity index (χ3n) is 3.27. The zero-order chi connectivity index (χ0) is 16.3. The highest BCUT2D eigenvalue weighted by atomic mass is 16.6. The summed E-state index contributed by atoms with van der Waals surface area (Å²) in [4.78, 5) is 11.7. The number of amides is 1. The quantitative estimate of drug-likeness (QED) is 0.542. The number of nitrogens with one attached hydrogen (secondary N) is 2. The van der Waals surface area contributed by atoms with Gasteiger partial charge in [-0.1, -0.05) is 13.8 Å². The summed E-state index contributed by atoms with van der Waals surface area (Å²) in [6, 6.07) is 0. The van der Waals surface area contributed by atoms with E-state index in [0.29, 0.717) is 18.4 Å². The molecule has 0 aromatic rings. The monoisotopic (exact) mass is 302 g/mol. The third-order valence-corrected chi connectivity index (χ3v) is 3.27. The summed E-state index contributed by atoms with van der Waals surface area (Å²) in [5.41, 5.74) is -0.456. The van der Waals surface area contributed by atoms with Crippen molar-refractivity contribution in [1.29, 1.82) is 0 Å². The van der Waals surface area contributed by atoms with E-state index in [1.54, 1.807) is 0 Å². The molecule has 0 saturated heterocycles. The Morgan fingerprint density at radius 1 is 1.14 bits per heavy atom. The van der Waals surface area contributed by atoms with Crippen molar-refractivity contribution in [2.45, 2.75) is 59.5 Å². The Morgan fingerprint density at radius 2 is 1.81 bits per heavy atom. The van der Waals surface area contributed by atoms with Crippen LogP contribution in [0.5, 0.6) is 0 Å². The molecule has 0 aliphatic heterocycles. The standard InChI is InChI=1S/C16H34N2O3/c1-13(2)14(11-17-9-7-6-8-10-19)12-18-15(20)21-16(3,4)5/h13-14,17,19H,6-12H2,1-5H3,(H,18,20). The Morgan fingerprint density at radius 3 is 2.33 bits per heavy atom. The van der Waals surface area contributed by atoms with Gasteiger partial charge in [0.1, 0.15) is 5.60 Å². The second-order valence-electron chi connectivity index (χ2n) is 6.88. The zero-order valence-electron chi connectivity index (χ0n) is 14.4. The smallest absolute Gasteiger partial charge is 0.407 e. The number of hydrogen-bond acceptors (Lipinski definition) is 4. The molecule has 1 unspecified atom stereocenters. The van der Waals surface area contributed by atoms with Crippen LogP contribution in [0.3, 0.4) is 0 Å². The normalized spacial score (nSPS) is 13.3. The minimum atomic E-state index is -0.456. The summed E-state index contributed by atoms with van der Waals surface area (Å²) in [6.07, 6.45) is 2.64. The fourth-order valence-corrected chi connectivity index (χ4v) is 1.90. The number of aliphatic hydroxyl groups excluding tert-OH is 1. The summed E-state index contributed by atoms with van der Waals surface area (Å²) in [6.45, 7) is 12.6. The zero-order valence-corrected chi connectivity index (χ0v) is 14.4. The number of hydrogen-bond donors (Lipinski definition) is 3. The van der Waals surface area contributed by atoms with E-state index in [9.17, 15) is 4.79 Å².